The summed E-state index contributed by atoms with van der Waals surface area (Å²) < 4.78 is 16.4. The molecular formula is C17H17ClN2O4. The zero-order valence-electron chi connectivity index (χ0n) is 13.0. The Hall–Kier alpha value is -2.23. The molecule has 0 unspecified atom stereocenters. The molecule has 1 atom stereocenters. The van der Waals surface area contributed by atoms with Crippen molar-refractivity contribution >= 4 is 23.6 Å². The van der Waals surface area contributed by atoms with Crippen molar-refractivity contribution in [3.8, 4) is 17.6 Å². The molecule has 0 saturated carbocycles. The highest BCUT2D eigenvalue weighted by Crippen LogP contribution is 2.38. The van der Waals surface area contributed by atoms with Crippen LogP contribution in [-0.4, -0.2) is 38.4 Å². The van der Waals surface area contributed by atoms with Crippen LogP contribution in [0, 0.1) is 11.3 Å². The summed E-state index contributed by atoms with van der Waals surface area (Å²) in [5, 5.41) is 12.4. The van der Waals surface area contributed by atoms with E-state index in [-0.39, 0.29) is 11.7 Å². The van der Waals surface area contributed by atoms with Gasteiger partial charge in [0.1, 0.15) is 24.9 Å². The Bertz CT molecular complexity index is 705. The van der Waals surface area contributed by atoms with Gasteiger partial charge in [-0.2, -0.15) is 5.26 Å². The van der Waals surface area contributed by atoms with Gasteiger partial charge in [-0.3, -0.25) is 4.79 Å². The zero-order chi connectivity index (χ0) is 16.9. The lowest BCUT2D eigenvalue weighted by Gasteiger charge is -2.19. The van der Waals surface area contributed by atoms with E-state index in [0.29, 0.717) is 41.8 Å². The lowest BCUT2D eigenvalue weighted by Crippen LogP contribution is -2.32. The maximum Gasteiger partial charge on any atom is 0.262 e. The van der Waals surface area contributed by atoms with Gasteiger partial charge in [0.2, 0.25) is 0 Å². The van der Waals surface area contributed by atoms with E-state index in [2.05, 4.69) is 5.32 Å². The van der Waals surface area contributed by atoms with Gasteiger partial charge >= 0.3 is 0 Å². The van der Waals surface area contributed by atoms with Crippen LogP contribution in [0.1, 0.15) is 18.4 Å². The number of benzene rings is 1. The Morgan fingerprint density at radius 3 is 2.96 bits per heavy atom. The second-order valence-electron chi connectivity index (χ2n) is 5.54. The van der Waals surface area contributed by atoms with Crippen molar-refractivity contribution in [3.63, 3.8) is 0 Å². The van der Waals surface area contributed by atoms with Crippen LogP contribution in [0.3, 0.4) is 0 Å². The molecular weight excluding hydrogens is 332 g/mol. The largest absolute Gasteiger partial charge is 0.486 e. The molecule has 1 aromatic carbocycles. The number of nitriles is 1. The van der Waals surface area contributed by atoms with Gasteiger partial charge < -0.3 is 19.5 Å². The molecule has 3 rings (SSSR count). The number of hydrogen-bond acceptors (Lipinski definition) is 5. The van der Waals surface area contributed by atoms with E-state index in [4.69, 9.17) is 25.8 Å². The number of fused-ring (bicyclic) bond motifs is 1. The molecule has 0 aromatic heterocycles. The molecule has 1 amide bonds. The van der Waals surface area contributed by atoms with Crippen LogP contribution in [-0.2, 0) is 9.53 Å². The van der Waals surface area contributed by atoms with Gasteiger partial charge in [0.25, 0.3) is 5.91 Å². The number of carbonyl (C=O) groups is 1. The number of hydrogen-bond donors (Lipinski definition) is 1. The Kier molecular flexibility index (Phi) is 5.24. The molecule has 126 valence electrons. The molecule has 1 fully saturated rings. The molecule has 0 bridgehead atoms. The monoisotopic (exact) mass is 348 g/mol. The number of halogens is 1. The molecule has 0 radical (unpaired) electrons. The van der Waals surface area contributed by atoms with Gasteiger partial charge in [-0.05, 0) is 36.6 Å². The van der Waals surface area contributed by atoms with Gasteiger partial charge in [-0.1, -0.05) is 11.6 Å². The first-order valence-corrected chi connectivity index (χ1v) is 8.16. The van der Waals surface area contributed by atoms with E-state index in [9.17, 15) is 10.1 Å². The summed E-state index contributed by atoms with van der Waals surface area (Å²) in [4.78, 5) is 12.2. The van der Waals surface area contributed by atoms with Crippen LogP contribution < -0.4 is 14.8 Å². The Morgan fingerprint density at radius 1 is 1.38 bits per heavy atom. The van der Waals surface area contributed by atoms with Crippen molar-refractivity contribution in [2.24, 2.45) is 0 Å². The highest BCUT2D eigenvalue weighted by atomic mass is 35.5. The van der Waals surface area contributed by atoms with E-state index in [1.54, 1.807) is 12.1 Å². The van der Waals surface area contributed by atoms with E-state index in [1.165, 1.54) is 6.08 Å². The second-order valence-corrected chi connectivity index (χ2v) is 5.95. The molecule has 2 aliphatic rings. The summed E-state index contributed by atoms with van der Waals surface area (Å²) in [7, 11) is 0. The summed E-state index contributed by atoms with van der Waals surface area (Å²) >= 11 is 6.17. The molecule has 1 N–H and O–H groups in total. The number of rotatable bonds is 4. The molecule has 6 nitrogen and oxygen atoms in total. The molecule has 0 aliphatic carbocycles. The van der Waals surface area contributed by atoms with Crippen LogP contribution in [0.25, 0.3) is 6.08 Å². The fourth-order valence-corrected chi connectivity index (χ4v) is 2.91. The van der Waals surface area contributed by atoms with Crippen LogP contribution in [0.15, 0.2) is 17.7 Å². The minimum Gasteiger partial charge on any atom is -0.486 e. The van der Waals surface area contributed by atoms with E-state index in [0.717, 1.165) is 19.4 Å². The van der Waals surface area contributed by atoms with E-state index >= 15 is 0 Å². The third kappa shape index (κ3) is 3.81. The number of nitrogens with one attached hydrogen (secondary N) is 1. The van der Waals surface area contributed by atoms with Crippen molar-refractivity contribution in [2.75, 3.05) is 26.4 Å². The van der Waals surface area contributed by atoms with E-state index < -0.39 is 5.91 Å². The summed E-state index contributed by atoms with van der Waals surface area (Å²) in [6.07, 6.45) is 3.42. The summed E-state index contributed by atoms with van der Waals surface area (Å²) in [6.45, 7) is 2.00. The van der Waals surface area contributed by atoms with Crippen LogP contribution in [0.4, 0.5) is 0 Å². The summed E-state index contributed by atoms with van der Waals surface area (Å²) in [5.41, 5.74) is 0.605. The molecule has 1 saturated heterocycles. The van der Waals surface area contributed by atoms with Crippen molar-refractivity contribution < 1.29 is 19.0 Å². The minimum atomic E-state index is -0.431. The van der Waals surface area contributed by atoms with Gasteiger partial charge in [-0.15, -0.1) is 0 Å². The summed E-state index contributed by atoms with van der Waals surface area (Å²) in [6, 6.07) is 5.26. The van der Waals surface area contributed by atoms with Crippen molar-refractivity contribution in [3.05, 3.63) is 28.3 Å². The SMILES string of the molecule is N#C/C(=C\c1cc(Cl)c2c(c1)OCCO2)C(=O)NC[C@H]1CCCO1. The fourth-order valence-electron chi connectivity index (χ4n) is 2.64. The third-order valence-corrected chi connectivity index (χ3v) is 4.09. The first kappa shape index (κ1) is 16.6. The quantitative estimate of drug-likeness (QED) is 0.667. The predicted molar refractivity (Wildman–Crippen MR) is 88.0 cm³/mol. The van der Waals surface area contributed by atoms with E-state index in [1.807, 2.05) is 6.07 Å². The van der Waals surface area contributed by atoms with Crippen molar-refractivity contribution in [2.45, 2.75) is 18.9 Å². The maximum absolute atomic E-state index is 12.2. The number of nitrogens with zero attached hydrogens (tertiary/aromatic N) is 1. The average molecular weight is 349 g/mol. The number of amides is 1. The molecule has 7 heteroatoms. The molecule has 2 aliphatic heterocycles. The molecule has 24 heavy (non-hydrogen) atoms. The average Bonchev–Trinajstić information content (AvgIpc) is 3.11. The maximum atomic E-state index is 12.2. The van der Waals surface area contributed by atoms with Gasteiger partial charge in [-0.25, -0.2) is 0 Å². The highest BCUT2D eigenvalue weighted by molar-refractivity contribution is 6.32. The third-order valence-electron chi connectivity index (χ3n) is 3.81. The van der Waals surface area contributed by atoms with Crippen LogP contribution in [0.2, 0.25) is 5.02 Å². The minimum absolute atomic E-state index is 0.000686. The predicted octanol–water partition coefficient (Wildman–Crippen LogP) is 2.31. The summed E-state index contributed by atoms with van der Waals surface area (Å²) in [5.74, 6) is 0.567. The zero-order valence-corrected chi connectivity index (χ0v) is 13.8. The Balaban J connectivity index is 1.73. The number of carbonyl (C=O) groups excluding carboxylic acids is 1. The topological polar surface area (TPSA) is 80.6 Å². The lowest BCUT2D eigenvalue weighted by molar-refractivity contribution is -0.117. The Labute approximate surface area is 144 Å². The van der Waals surface area contributed by atoms with Crippen molar-refractivity contribution in [1.82, 2.24) is 5.32 Å². The second kappa shape index (κ2) is 7.56. The number of ether oxygens (including phenoxy) is 3. The smallest absolute Gasteiger partial charge is 0.262 e. The molecule has 0 spiro atoms. The standard InChI is InChI=1S/C17H17ClN2O4/c18-14-7-11(8-15-16(14)24-5-4-23-15)6-12(9-19)17(21)20-10-13-2-1-3-22-13/h6-8,13H,1-5,10H2,(H,20,21)/b12-6+/t13-/m1/s1. The van der Waals surface area contributed by atoms with Gasteiger partial charge in [0.05, 0.1) is 11.1 Å². The normalized spacial score (nSPS) is 19.7. The fraction of sp³-hybridized carbons (Fsp3) is 0.412. The van der Waals surface area contributed by atoms with Gasteiger partial charge in [0, 0.05) is 13.2 Å². The van der Waals surface area contributed by atoms with Crippen LogP contribution >= 0.6 is 11.6 Å². The lowest BCUT2D eigenvalue weighted by atomic mass is 10.1. The first-order chi connectivity index (χ1) is 11.7. The van der Waals surface area contributed by atoms with Gasteiger partial charge in [0.15, 0.2) is 11.5 Å². The molecule has 1 aromatic rings. The van der Waals surface area contributed by atoms with Crippen LogP contribution in [0.5, 0.6) is 11.5 Å². The van der Waals surface area contributed by atoms with Crippen molar-refractivity contribution in [1.29, 1.82) is 5.26 Å². The first-order valence-electron chi connectivity index (χ1n) is 7.78. The highest BCUT2D eigenvalue weighted by Gasteiger charge is 2.19. The molecule has 2 heterocycles. The Morgan fingerprint density at radius 2 is 2.21 bits per heavy atom.